The lowest BCUT2D eigenvalue weighted by atomic mass is 10.1. The number of rotatable bonds is 6. The molecule has 2 aliphatic heterocycles. The SMILES string of the molecule is CCCCN(CC1CCCN1)C1CCS(=O)(=O)C1. The largest absolute Gasteiger partial charge is 0.313 e. The lowest BCUT2D eigenvalue weighted by molar-refractivity contribution is 0.191. The Labute approximate surface area is 111 Å². The van der Waals surface area contributed by atoms with Crippen LogP contribution in [0.4, 0.5) is 0 Å². The first-order valence-electron chi connectivity index (χ1n) is 7.28. The smallest absolute Gasteiger partial charge is 0.151 e. The third kappa shape index (κ3) is 3.93. The van der Waals surface area contributed by atoms with Gasteiger partial charge in [-0.05, 0) is 38.8 Å². The molecule has 0 aliphatic carbocycles. The molecule has 2 saturated heterocycles. The van der Waals surface area contributed by atoms with Crippen LogP contribution in [0.25, 0.3) is 0 Å². The summed E-state index contributed by atoms with van der Waals surface area (Å²) in [6, 6.07) is 0.842. The van der Waals surface area contributed by atoms with E-state index in [1.807, 2.05) is 0 Å². The summed E-state index contributed by atoms with van der Waals surface area (Å²) in [5, 5.41) is 3.52. The molecule has 0 amide bonds. The van der Waals surface area contributed by atoms with E-state index < -0.39 is 9.84 Å². The van der Waals surface area contributed by atoms with E-state index in [4.69, 9.17) is 0 Å². The minimum Gasteiger partial charge on any atom is -0.313 e. The molecule has 2 atom stereocenters. The maximum Gasteiger partial charge on any atom is 0.151 e. The Hall–Kier alpha value is -0.130. The van der Waals surface area contributed by atoms with Gasteiger partial charge >= 0.3 is 0 Å². The van der Waals surface area contributed by atoms with Gasteiger partial charge in [-0.25, -0.2) is 8.42 Å². The standard InChI is InChI=1S/C13H26N2O2S/c1-2-3-8-15(10-12-5-4-7-14-12)13-6-9-18(16,17)11-13/h12-14H,2-11H2,1H3. The van der Waals surface area contributed by atoms with Crippen molar-refractivity contribution in [1.82, 2.24) is 10.2 Å². The van der Waals surface area contributed by atoms with E-state index >= 15 is 0 Å². The average molecular weight is 274 g/mol. The van der Waals surface area contributed by atoms with Gasteiger partial charge < -0.3 is 5.32 Å². The molecule has 2 rings (SSSR count). The highest BCUT2D eigenvalue weighted by Gasteiger charge is 2.33. The van der Waals surface area contributed by atoms with Crippen LogP contribution in [0.1, 0.15) is 39.0 Å². The van der Waals surface area contributed by atoms with E-state index in [9.17, 15) is 8.42 Å². The van der Waals surface area contributed by atoms with Crippen LogP contribution in [0.15, 0.2) is 0 Å². The van der Waals surface area contributed by atoms with Gasteiger partial charge in [0, 0.05) is 18.6 Å². The van der Waals surface area contributed by atoms with Crippen molar-refractivity contribution in [3.8, 4) is 0 Å². The number of sulfone groups is 1. The number of hydrogen-bond donors (Lipinski definition) is 1. The molecule has 0 bridgehead atoms. The molecule has 2 aliphatic rings. The predicted molar refractivity (Wildman–Crippen MR) is 74.6 cm³/mol. The van der Waals surface area contributed by atoms with Crippen molar-refractivity contribution in [3.63, 3.8) is 0 Å². The van der Waals surface area contributed by atoms with Gasteiger partial charge in [-0.15, -0.1) is 0 Å². The van der Waals surface area contributed by atoms with Gasteiger partial charge in [-0.2, -0.15) is 0 Å². The van der Waals surface area contributed by atoms with Crippen LogP contribution in [0.5, 0.6) is 0 Å². The highest BCUT2D eigenvalue weighted by Crippen LogP contribution is 2.20. The molecule has 0 saturated carbocycles. The maximum absolute atomic E-state index is 11.6. The molecule has 2 heterocycles. The van der Waals surface area contributed by atoms with Crippen LogP contribution >= 0.6 is 0 Å². The molecule has 2 fully saturated rings. The molecule has 18 heavy (non-hydrogen) atoms. The van der Waals surface area contributed by atoms with Crippen molar-refractivity contribution in [1.29, 1.82) is 0 Å². The fourth-order valence-corrected chi connectivity index (χ4v) is 4.80. The zero-order valence-corrected chi connectivity index (χ0v) is 12.2. The van der Waals surface area contributed by atoms with Gasteiger partial charge in [0.2, 0.25) is 0 Å². The maximum atomic E-state index is 11.6. The Kier molecular flexibility index (Phi) is 5.04. The Morgan fingerprint density at radius 1 is 1.33 bits per heavy atom. The minimum atomic E-state index is -2.76. The minimum absolute atomic E-state index is 0.268. The van der Waals surface area contributed by atoms with Crippen molar-refractivity contribution in [2.24, 2.45) is 0 Å². The van der Waals surface area contributed by atoms with Crippen molar-refractivity contribution in [3.05, 3.63) is 0 Å². The van der Waals surface area contributed by atoms with E-state index in [1.54, 1.807) is 0 Å². The quantitative estimate of drug-likeness (QED) is 0.786. The highest BCUT2D eigenvalue weighted by atomic mass is 32.2. The van der Waals surface area contributed by atoms with Crippen LogP contribution in [-0.4, -0.2) is 56.5 Å². The van der Waals surface area contributed by atoms with Gasteiger partial charge in [0.15, 0.2) is 9.84 Å². The molecule has 4 nitrogen and oxygen atoms in total. The normalized spacial score (nSPS) is 31.2. The molecule has 0 aromatic carbocycles. The summed E-state index contributed by atoms with van der Waals surface area (Å²) in [6.07, 6.45) is 5.67. The Morgan fingerprint density at radius 2 is 2.17 bits per heavy atom. The number of nitrogens with one attached hydrogen (secondary N) is 1. The van der Waals surface area contributed by atoms with Crippen molar-refractivity contribution in [2.45, 2.75) is 51.1 Å². The first kappa shape index (κ1) is 14.3. The summed E-state index contributed by atoms with van der Waals surface area (Å²) < 4.78 is 23.2. The third-order valence-electron chi connectivity index (χ3n) is 4.14. The lowest BCUT2D eigenvalue weighted by Gasteiger charge is -2.30. The summed E-state index contributed by atoms with van der Waals surface area (Å²) in [5.41, 5.74) is 0. The fraction of sp³-hybridized carbons (Fsp3) is 1.00. The van der Waals surface area contributed by atoms with Crippen LogP contribution in [0.3, 0.4) is 0 Å². The van der Waals surface area contributed by atoms with E-state index in [-0.39, 0.29) is 6.04 Å². The first-order chi connectivity index (χ1) is 8.61. The van der Waals surface area contributed by atoms with Crippen LogP contribution < -0.4 is 5.32 Å². The molecule has 106 valence electrons. The molecule has 5 heteroatoms. The summed E-state index contributed by atoms with van der Waals surface area (Å²) >= 11 is 0. The fourth-order valence-electron chi connectivity index (χ4n) is 3.04. The molecule has 0 aromatic rings. The molecule has 2 unspecified atom stereocenters. The van der Waals surface area contributed by atoms with Crippen LogP contribution in [-0.2, 0) is 9.84 Å². The second kappa shape index (κ2) is 6.35. The zero-order chi connectivity index (χ0) is 13.0. The van der Waals surface area contributed by atoms with Gasteiger partial charge in [0.25, 0.3) is 0 Å². The van der Waals surface area contributed by atoms with Crippen LogP contribution in [0.2, 0.25) is 0 Å². The molecular weight excluding hydrogens is 248 g/mol. The van der Waals surface area contributed by atoms with E-state index in [0.29, 0.717) is 17.5 Å². The first-order valence-corrected chi connectivity index (χ1v) is 9.11. The molecule has 0 spiro atoms. The second-order valence-electron chi connectivity index (χ2n) is 5.70. The van der Waals surface area contributed by atoms with Gasteiger partial charge in [-0.1, -0.05) is 13.3 Å². The number of nitrogens with zero attached hydrogens (tertiary/aromatic N) is 1. The van der Waals surface area contributed by atoms with Crippen molar-refractivity contribution in [2.75, 3.05) is 31.1 Å². The number of hydrogen-bond acceptors (Lipinski definition) is 4. The topological polar surface area (TPSA) is 49.4 Å². The Morgan fingerprint density at radius 3 is 2.72 bits per heavy atom. The van der Waals surface area contributed by atoms with Crippen molar-refractivity contribution >= 4 is 9.84 Å². The average Bonchev–Trinajstić information content (AvgIpc) is 2.93. The highest BCUT2D eigenvalue weighted by molar-refractivity contribution is 7.91. The van der Waals surface area contributed by atoms with Crippen molar-refractivity contribution < 1.29 is 8.42 Å². The number of unbranched alkanes of at least 4 members (excludes halogenated alkanes) is 1. The summed E-state index contributed by atoms with van der Waals surface area (Å²) in [7, 11) is -2.76. The zero-order valence-electron chi connectivity index (χ0n) is 11.4. The molecular formula is C13H26N2O2S. The molecule has 0 aromatic heterocycles. The predicted octanol–water partition coefficient (Wildman–Crippen LogP) is 1.03. The second-order valence-corrected chi connectivity index (χ2v) is 7.93. The molecule has 1 N–H and O–H groups in total. The molecule has 0 radical (unpaired) electrons. The van der Waals surface area contributed by atoms with Gasteiger partial charge in [0.05, 0.1) is 11.5 Å². The lowest BCUT2D eigenvalue weighted by Crippen LogP contribution is -2.44. The Balaban J connectivity index is 1.91. The van der Waals surface area contributed by atoms with Gasteiger partial charge in [0.1, 0.15) is 0 Å². The monoisotopic (exact) mass is 274 g/mol. The Bertz CT molecular complexity index is 350. The van der Waals surface area contributed by atoms with Crippen LogP contribution in [0, 0.1) is 0 Å². The van der Waals surface area contributed by atoms with E-state index in [1.165, 1.54) is 25.7 Å². The van der Waals surface area contributed by atoms with E-state index in [2.05, 4.69) is 17.1 Å². The third-order valence-corrected chi connectivity index (χ3v) is 5.89. The summed E-state index contributed by atoms with van der Waals surface area (Å²) in [4.78, 5) is 2.43. The van der Waals surface area contributed by atoms with Gasteiger partial charge in [-0.3, -0.25) is 4.90 Å². The summed E-state index contributed by atoms with van der Waals surface area (Å²) in [6.45, 7) is 5.39. The summed E-state index contributed by atoms with van der Waals surface area (Å²) in [5.74, 6) is 0.766. The van der Waals surface area contributed by atoms with E-state index in [0.717, 1.165) is 26.1 Å².